The van der Waals surface area contributed by atoms with E-state index in [0.717, 1.165) is 17.4 Å². The van der Waals surface area contributed by atoms with E-state index in [4.69, 9.17) is 23.2 Å². The number of amides is 1. The van der Waals surface area contributed by atoms with Gasteiger partial charge in [-0.15, -0.1) is 10.2 Å². The van der Waals surface area contributed by atoms with Crippen LogP contribution in [0.25, 0.3) is 0 Å². The molecule has 1 aromatic heterocycles. The first kappa shape index (κ1) is 19.5. The summed E-state index contributed by atoms with van der Waals surface area (Å²) < 4.78 is 2.00. The van der Waals surface area contributed by atoms with Crippen LogP contribution in [0.15, 0.2) is 23.4 Å². The van der Waals surface area contributed by atoms with Crippen molar-refractivity contribution < 1.29 is 4.79 Å². The van der Waals surface area contributed by atoms with Gasteiger partial charge in [0.25, 0.3) is 0 Å². The van der Waals surface area contributed by atoms with Gasteiger partial charge in [-0.3, -0.25) is 4.79 Å². The number of carbonyl (C=O) groups excluding carboxylic acids is 1. The summed E-state index contributed by atoms with van der Waals surface area (Å²) in [6.07, 6.45) is 7.51. The van der Waals surface area contributed by atoms with Gasteiger partial charge in [-0.25, -0.2) is 0 Å². The Morgan fingerprint density at radius 1 is 1.19 bits per heavy atom. The van der Waals surface area contributed by atoms with Gasteiger partial charge in [-0.2, -0.15) is 0 Å². The summed E-state index contributed by atoms with van der Waals surface area (Å²) in [6, 6.07) is 4.96. The molecule has 1 fully saturated rings. The molecule has 140 valence electrons. The molecule has 1 aliphatic rings. The second kappa shape index (κ2) is 9.11. The van der Waals surface area contributed by atoms with Crippen LogP contribution >= 0.6 is 35.0 Å². The average molecular weight is 413 g/mol. The van der Waals surface area contributed by atoms with Crippen molar-refractivity contribution in [2.24, 2.45) is 13.0 Å². The van der Waals surface area contributed by atoms with Gasteiger partial charge in [-0.05, 0) is 24.1 Å². The minimum absolute atomic E-state index is 0.134. The minimum atomic E-state index is -0.134. The van der Waals surface area contributed by atoms with E-state index in [1.807, 2.05) is 11.6 Å². The molecule has 1 saturated carbocycles. The largest absolute Gasteiger partial charge is 0.325 e. The van der Waals surface area contributed by atoms with Crippen molar-refractivity contribution in [3.8, 4) is 0 Å². The lowest BCUT2D eigenvalue weighted by molar-refractivity contribution is -0.113. The van der Waals surface area contributed by atoms with E-state index in [0.29, 0.717) is 21.7 Å². The van der Waals surface area contributed by atoms with Crippen LogP contribution in [0.3, 0.4) is 0 Å². The second-order valence-electron chi connectivity index (χ2n) is 6.66. The normalized spacial score (nSPS) is 15.2. The van der Waals surface area contributed by atoms with Crippen LogP contribution in [0.5, 0.6) is 0 Å². The lowest BCUT2D eigenvalue weighted by Crippen LogP contribution is -2.15. The Balaban J connectivity index is 1.53. The zero-order valence-electron chi connectivity index (χ0n) is 14.7. The van der Waals surface area contributed by atoms with Gasteiger partial charge in [-0.1, -0.05) is 67.1 Å². The number of thioether (sulfide) groups is 1. The van der Waals surface area contributed by atoms with E-state index in [1.165, 1.54) is 43.9 Å². The molecule has 1 N–H and O–H groups in total. The van der Waals surface area contributed by atoms with Crippen LogP contribution in [0.1, 0.15) is 37.9 Å². The Morgan fingerprint density at radius 3 is 2.58 bits per heavy atom. The maximum atomic E-state index is 12.2. The second-order valence-corrected chi connectivity index (χ2v) is 8.48. The quantitative estimate of drug-likeness (QED) is 0.679. The SMILES string of the molecule is Cn1c(CC2CCCCC2)nnc1SCC(=O)Nc1cc(Cl)cc(Cl)c1. The summed E-state index contributed by atoms with van der Waals surface area (Å²) in [5, 5.41) is 13.1. The molecule has 0 radical (unpaired) electrons. The van der Waals surface area contributed by atoms with E-state index in [1.54, 1.807) is 18.2 Å². The van der Waals surface area contributed by atoms with Crippen LogP contribution < -0.4 is 5.32 Å². The fourth-order valence-corrected chi connectivity index (χ4v) is 4.51. The Labute approximate surface area is 167 Å². The Bertz CT molecular complexity index is 754. The third-order valence-electron chi connectivity index (χ3n) is 4.60. The molecule has 0 bridgehead atoms. The van der Waals surface area contributed by atoms with Crippen molar-refractivity contribution in [2.75, 3.05) is 11.1 Å². The van der Waals surface area contributed by atoms with Crippen LogP contribution in [0, 0.1) is 5.92 Å². The highest BCUT2D eigenvalue weighted by atomic mass is 35.5. The highest BCUT2D eigenvalue weighted by molar-refractivity contribution is 7.99. The minimum Gasteiger partial charge on any atom is -0.325 e. The molecule has 8 heteroatoms. The monoisotopic (exact) mass is 412 g/mol. The number of benzene rings is 1. The molecule has 2 aromatic rings. The number of anilines is 1. The van der Waals surface area contributed by atoms with Crippen molar-refractivity contribution in [1.29, 1.82) is 0 Å². The summed E-state index contributed by atoms with van der Waals surface area (Å²) in [7, 11) is 1.97. The molecular formula is C18H22Cl2N4OS. The van der Waals surface area contributed by atoms with E-state index < -0.39 is 0 Å². The summed E-state index contributed by atoms with van der Waals surface area (Å²) in [4.78, 5) is 12.2. The van der Waals surface area contributed by atoms with Gasteiger partial charge in [0.05, 0.1) is 5.75 Å². The maximum absolute atomic E-state index is 12.2. The molecule has 3 rings (SSSR count). The molecular weight excluding hydrogens is 391 g/mol. The molecule has 1 amide bonds. The molecule has 1 aliphatic carbocycles. The molecule has 5 nitrogen and oxygen atoms in total. The highest BCUT2D eigenvalue weighted by Gasteiger charge is 2.18. The van der Waals surface area contributed by atoms with Crippen LogP contribution in [-0.4, -0.2) is 26.4 Å². The molecule has 1 heterocycles. The Morgan fingerprint density at radius 2 is 1.88 bits per heavy atom. The summed E-state index contributed by atoms with van der Waals surface area (Å²) in [6.45, 7) is 0. The number of hydrogen-bond donors (Lipinski definition) is 1. The lowest BCUT2D eigenvalue weighted by Gasteiger charge is -2.20. The van der Waals surface area contributed by atoms with Crippen LogP contribution in [0.4, 0.5) is 5.69 Å². The van der Waals surface area contributed by atoms with Crippen molar-refractivity contribution >= 4 is 46.6 Å². The number of aromatic nitrogens is 3. The van der Waals surface area contributed by atoms with Gasteiger partial charge < -0.3 is 9.88 Å². The highest BCUT2D eigenvalue weighted by Crippen LogP contribution is 2.27. The number of nitrogens with zero attached hydrogens (tertiary/aromatic N) is 3. The topological polar surface area (TPSA) is 59.8 Å². The van der Waals surface area contributed by atoms with Gasteiger partial charge in [0.2, 0.25) is 5.91 Å². The van der Waals surface area contributed by atoms with Crippen molar-refractivity contribution in [2.45, 2.75) is 43.7 Å². The van der Waals surface area contributed by atoms with Gasteiger partial charge in [0, 0.05) is 29.2 Å². The van der Waals surface area contributed by atoms with Crippen LogP contribution in [-0.2, 0) is 18.3 Å². The molecule has 0 spiro atoms. The van der Waals surface area contributed by atoms with Gasteiger partial charge in [0.15, 0.2) is 5.16 Å². The van der Waals surface area contributed by atoms with E-state index >= 15 is 0 Å². The first-order valence-corrected chi connectivity index (χ1v) is 10.5. The molecule has 26 heavy (non-hydrogen) atoms. The molecule has 0 saturated heterocycles. The molecule has 0 aliphatic heterocycles. The van der Waals surface area contributed by atoms with E-state index in [9.17, 15) is 4.79 Å². The molecule has 0 unspecified atom stereocenters. The molecule has 0 atom stereocenters. The standard InChI is InChI=1S/C18H22Cl2N4OS/c1-24-16(7-12-5-3-2-4-6-12)22-23-18(24)26-11-17(25)21-15-9-13(19)8-14(20)10-15/h8-10,12H,2-7,11H2,1H3,(H,21,25). The number of carbonyl (C=O) groups is 1. The van der Waals surface area contributed by atoms with Crippen molar-refractivity contribution in [1.82, 2.24) is 14.8 Å². The predicted octanol–water partition coefficient (Wildman–Crippen LogP) is 4.98. The Kier molecular flexibility index (Phi) is 6.84. The number of nitrogens with one attached hydrogen (secondary N) is 1. The first-order valence-electron chi connectivity index (χ1n) is 8.78. The summed E-state index contributed by atoms with van der Waals surface area (Å²) in [5.41, 5.74) is 0.587. The first-order chi connectivity index (χ1) is 12.5. The zero-order valence-corrected chi connectivity index (χ0v) is 17.0. The number of halogens is 2. The summed E-state index contributed by atoms with van der Waals surface area (Å²) in [5.74, 6) is 1.83. The average Bonchev–Trinajstić information content (AvgIpc) is 2.93. The third kappa shape index (κ3) is 5.38. The third-order valence-corrected chi connectivity index (χ3v) is 6.06. The van der Waals surface area contributed by atoms with Crippen molar-refractivity contribution in [3.05, 3.63) is 34.1 Å². The maximum Gasteiger partial charge on any atom is 0.234 e. The number of rotatable bonds is 6. The van der Waals surface area contributed by atoms with E-state index in [-0.39, 0.29) is 11.7 Å². The van der Waals surface area contributed by atoms with Crippen LogP contribution in [0.2, 0.25) is 10.0 Å². The lowest BCUT2D eigenvalue weighted by atomic mass is 9.87. The fraction of sp³-hybridized carbons (Fsp3) is 0.500. The Hall–Kier alpha value is -1.24. The van der Waals surface area contributed by atoms with E-state index in [2.05, 4.69) is 15.5 Å². The van der Waals surface area contributed by atoms with Crippen molar-refractivity contribution in [3.63, 3.8) is 0 Å². The summed E-state index contributed by atoms with van der Waals surface area (Å²) >= 11 is 13.3. The van der Waals surface area contributed by atoms with Gasteiger partial charge in [0.1, 0.15) is 5.82 Å². The zero-order chi connectivity index (χ0) is 18.5. The molecule has 1 aromatic carbocycles. The fourth-order valence-electron chi connectivity index (χ4n) is 3.25. The smallest absolute Gasteiger partial charge is 0.234 e. The predicted molar refractivity (Wildman–Crippen MR) is 107 cm³/mol. The van der Waals surface area contributed by atoms with Gasteiger partial charge >= 0.3 is 0 Å². The number of hydrogen-bond acceptors (Lipinski definition) is 4.